The number of anilines is 1. The number of hydrogen-bond acceptors (Lipinski definition) is 5. The minimum Gasteiger partial charge on any atom is -0.493 e. The van der Waals surface area contributed by atoms with Gasteiger partial charge in [-0.2, -0.15) is 0 Å². The summed E-state index contributed by atoms with van der Waals surface area (Å²) >= 11 is 0. The zero-order chi connectivity index (χ0) is 14.0. The van der Waals surface area contributed by atoms with Crippen molar-refractivity contribution in [2.24, 2.45) is 0 Å². The monoisotopic (exact) mass is 266 g/mol. The maximum absolute atomic E-state index is 14.0. The number of benzene rings is 1. The number of aromatic nitrogens is 1. The van der Waals surface area contributed by atoms with Gasteiger partial charge < -0.3 is 19.7 Å². The molecule has 6 heteroatoms. The van der Waals surface area contributed by atoms with Crippen molar-refractivity contribution in [2.75, 3.05) is 12.8 Å². The number of nitrogens with two attached hydrogens (primary N) is 1. The molecule has 0 aliphatic rings. The maximum atomic E-state index is 14.0. The van der Waals surface area contributed by atoms with Crippen LogP contribution in [0.15, 0.2) is 22.7 Å². The van der Waals surface area contributed by atoms with E-state index in [0.717, 1.165) is 0 Å². The fourth-order valence-electron chi connectivity index (χ4n) is 1.65. The van der Waals surface area contributed by atoms with Crippen LogP contribution in [0.25, 0.3) is 11.3 Å². The number of nitrogen functional groups attached to an aromatic ring is 1. The summed E-state index contributed by atoms with van der Waals surface area (Å²) in [6.07, 6.45) is -0.0833. The smallest absolute Gasteiger partial charge is 0.172 e. The molecule has 2 aromatic rings. The van der Waals surface area contributed by atoms with E-state index in [4.69, 9.17) is 19.7 Å². The molecular formula is C13H15FN2O3. The SMILES string of the molecule is COc1cc(-c2cc(N)no2)c(F)cc1OC(C)C. The quantitative estimate of drug-likeness (QED) is 0.921. The van der Waals surface area contributed by atoms with E-state index in [0.29, 0.717) is 11.5 Å². The Morgan fingerprint density at radius 3 is 2.53 bits per heavy atom. The molecule has 2 rings (SSSR count). The van der Waals surface area contributed by atoms with Crippen LogP contribution in [0.5, 0.6) is 11.5 Å². The Balaban J connectivity index is 2.47. The lowest BCUT2D eigenvalue weighted by atomic mass is 10.1. The lowest BCUT2D eigenvalue weighted by Crippen LogP contribution is -2.07. The predicted octanol–water partition coefficient (Wildman–Crippen LogP) is 2.86. The van der Waals surface area contributed by atoms with Gasteiger partial charge >= 0.3 is 0 Å². The first-order valence-corrected chi connectivity index (χ1v) is 5.78. The fraction of sp³-hybridized carbons (Fsp3) is 0.308. The molecule has 0 spiro atoms. The van der Waals surface area contributed by atoms with Gasteiger partial charge in [0.25, 0.3) is 0 Å². The highest BCUT2D eigenvalue weighted by atomic mass is 19.1. The van der Waals surface area contributed by atoms with Gasteiger partial charge in [0, 0.05) is 12.1 Å². The van der Waals surface area contributed by atoms with Gasteiger partial charge in [0.05, 0.1) is 18.8 Å². The molecule has 19 heavy (non-hydrogen) atoms. The molecule has 102 valence electrons. The second-order valence-electron chi connectivity index (χ2n) is 4.27. The van der Waals surface area contributed by atoms with Gasteiger partial charge in [0.1, 0.15) is 5.82 Å². The second kappa shape index (κ2) is 5.17. The zero-order valence-electron chi connectivity index (χ0n) is 10.9. The Bertz CT molecular complexity index is 581. The Hall–Kier alpha value is -2.24. The maximum Gasteiger partial charge on any atom is 0.172 e. The third-order valence-corrected chi connectivity index (χ3v) is 2.41. The summed E-state index contributed by atoms with van der Waals surface area (Å²) in [4.78, 5) is 0. The second-order valence-corrected chi connectivity index (χ2v) is 4.27. The van der Waals surface area contributed by atoms with Crippen molar-refractivity contribution in [1.29, 1.82) is 0 Å². The van der Waals surface area contributed by atoms with Crippen LogP contribution < -0.4 is 15.2 Å². The third kappa shape index (κ3) is 2.78. The normalized spacial score (nSPS) is 10.8. The van der Waals surface area contributed by atoms with E-state index in [1.165, 1.54) is 25.3 Å². The van der Waals surface area contributed by atoms with Crippen LogP contribution in [-0.2, 0) is 0 Å². The molecule has 0 saturated carbocycles. The molecular weight excluding hydrogens is 251 g/mol. The van der Waals surface area contributed by atoms with Crippen molar-refractivity contribution >= 4 is 5.82 Å². The molecule has 1 aromatic heterocycles. The number of hydrogen-bond donors (Lipinski definition) is 1. The van der Waals surface area contributed by atoms with Gasteiger partial charge in [-0.05, 0) is 19.9 Å². The predicted molar refractivity (Wildman–Crippen MR) is 68.6 cm³/mol. The summed E-state index contributed by atoms with van der Waals surface area (Å²) in [7, 11) is 1.49. The summed E-state index contributed by atoms with van der Waals surface area (Å²) in [5.41, 5.74) is 5.67. The number of nitrogens with zero attached hydrogens (tertiary/aromatic N) is 1. The number of ether oxygens (including phenoxy) is 2. The Kier molecular flexibility index (Phi) is 3.59. The van der Waals surface area contributed by atoms with E-state index < -0.39 is 5.82 Å². The van der Waals surface area contributed by atoms with E-state index in [1.807, 2.05) is 13.8 Å². The van der Waals surface area contributed by atoms with E-state index in [-0.39, 0.29) is 23.2 Å². The van der Waals surface area contributed by atoms with Crippen molar-refractivity contribution in [1.82, 2.24) is 5.16 Å². The molecule has 0 saturated heterocycles. The molecule has 0 bridgehead atoms. The Morgan fingerprint density at radius 1 is 1.26 bits per heavy atom. The molecule has 0 amide bonds. The van der Waals surface area contributed by atoms with Gasteiger partial charge in [-0.15, -0.1) is 0 Å². The fourth-order valence-corrected chi connectivity index (χ4v) is 1.65. The summed E-state index contributed by atoms with van der Waals surface area (Å²) in [6, 6.07) is 4.20. The van der Waals surface area contributed by atoms with E-state index in [2.05, 4.69) is 5.16 Å². The Morgan fingerprint density at radius 2 is 2.00 bits per heavy atom. The van der Waals surface area contributed by atoms with Crippen LogP contribution in [0.3, 0.4) is 0 Å². The molecule has 5 nitrogen and oxygen atoms in total. The molecule has 2 N–H and O–H groups in total. The van der Waals surface area contributed by atoms with Gasteiger partial charge in [-0.3, -0.25) is 0 Å². The average molecular weight is 266 g/mol. The van der Waals surface area contributed by atoms with Gasteiger partial charge in [-0.25, -0.2) is 4.39 Å². The first-order chi connectivity index (χ1) is 9.01. The van der Waals surface area contributed by atoms with Crippen LogP contribution in [0, 0.1) is 5.82 Å². The lowest BCUT2D eigenvalue weighted by Gasteiger charge is -2.14. The van der Waals surface area contributed by atoms with Crippen molar-refractivity contribution in [2.45, 2.75) is 20.0 Å². The summed E-state index contributed by atoms with van der Waals surface area (Å²) in [6.45, 7) is 3.70. The van der Waals surface area contributed by atoms with Crippen LogP contribution in [0.4, 0.5) is 10.2 Å². The highest BCUT2D eigenvalue weighted by Gasteiger charge is 2.17. The summed E-state index contributed by atoms with van der Waals surface area (Å²) in [5, 5.41) is 3.52. The molecule has 0 atom stereocenters. The van der Waals surface area contributed by atoms with Gasteiger partial charge in [-0.1, -0.05) is 5.16 Å². The van der Waals surface area contributed by atoms with Crippen molar-refractivity contribution in [3.8, 4) is 22.8 Å². The van der Waals surface area contributed by atoms with Crippen LogP contribution >= 0.6 is 0 Å². The first kappa shape index (κ1) is 13.2. The van der Waals surface area contributed by atoms with Crippen LogP contribution in [0.1, 0.15) is 13.8 Å². The topological polar surface area (TPSA) is 70.5 Å². The first-order valence-electron chi connectivity index (χ1n) is 5.78. The number of rotatable bonds is 4. The zero-order valence-corrected chi connectivity index (χ0v) is 10.9. The van der Waals surface area contributed by atoms with E-state index >= 15 is 0 Å². The molecule has 0 unspecified atom stereocenters. The van der Waals surface area contributed by atoms with Gasteiger partial charge in [0.2, 0.25) is 0 Å². The molecule has 0 fully saturated rings. The van der Waals surface area contributed by atoms with E-state index in [1.54, 1.807) is 0 Å². The van der Waals surface area contributed by atoms with E-state index in [9.17, 15) is 4.39 Å². The van der Waals surface area contributed by atoms with Gasteiger partial charge in [0.15, 0.2) is 23.1 Å². The van der Waals surface area contributed by atoms with Crippen molar-refractivity contribution in [3.63, 3.8) is 0 Å². The summed E-state index contributed by atoms with van der Waals surface area (Å²) < 4.78 is 29.7. The minimum absolute atomic E-state index is 0.0833. The highest BCUT2D eigenvalue weighted by Crippen LogP contribution is 2.35. The summed E-state index contributed by atoms with van der Waals surface area (Å²) in [5.74, 6) is 0.694. The largest absolute Gasteiger partial charge is 0.493 e. The van der Waals surface area contributed by atoms with Crippen LogP contribution in [0.2, 0.25) is 0 Å². The van der Waals surface area contributed by atoms with Crippen molar-refractivity contribution in [3.05, 3.63) is 24.0 Å². The molecule has 1 heterocycles. The number of halogens is 1. The van der Waals surface area contributed by atoms with Crippen molar-refractivity contribution < 1.29 is 18.4 Å². The Labute approximate surface area is 110 Å². The molecule has 0 aliphatic heterocycles. The number of methoxy groups -OCH3 is 1. The third-order valence-electron chi connectivity index (χ3n) is 2.41. The van der Waals surface area contributed by atoms with Crippen LogP contribution in [-0.4, -0.2) is 18.4 Å². The highest BCUT2D eigenvalue weighted by molar-refractivity contribution is 5.65. The molecule has 0 radical (unpaired) electrons. The lowest BCUT2D eigenvalue weighted by molar-refractivity contribution is 0.229. The minimum atomic E-state index is -0.493. The molecule has 0 aliphatic carbocycles. The average Bonchev–Trinajstić information content (AvgIpc) is 2.75. The molecule has 1 aromatic carbocycles. The standard InChI is InChI=1S/C13H15FN2O3/c1-7(2)18-12-5-9(14)8(4-11(12)17-3)10-6-13(15)16-19-10/h4-7H,1-3H3,(H2,15,16).